The fourth-order valence-corrected chi connectivity index (χ4v) is 3.63. The van der Waals surface area contributed by atoms with E-state index >= 15 is 0 Å². The van der Waals surface area contributed by atoms with Crippen molar-refractivity contribution in [2.45, 2.75) is 32.8 Å². The fourth-order valence-electron chi connectivity index (χ4n) is 3.63. The Morgan fingerprint density at radius 2 is 2.16 bits per heavy atom. The molecule has 164 valence electrons. The van der Waals surface area contributed by atoms with Gasteiger partial charge in [0, 0.05) is 45.9 Å². The van der Waals surface area contributed by atoms with Crippen LogP contribution in [0.15, 0.2) is 30.6 Å². The number of fused-ring (bicyclic) bond motifs is 2. The van der Waals surface area contributed by atoms with Gasteiger partial charge in [-0.25, -0.2) is 14.5 Å². The van der Waals surface area contributed by atoms with Gasteiger partial charge in [-0.2, -0.15) is 0 Å². The molecule has 2 atom stereocenters. The number of pyridine rings is 2. The maximum absolute atomic E-state index is 12.4. The van der Waals surface area contributed by atoms with Crippen LogP contribution < -0.4 is 10.6 Å². The molecule has 4 heterocycles. The highest BCUT2D eigenvalue weighted by Crippen LogP contribution is 2.38. The second-order valence-corrected chi connectivity index (χ2v) is 8.66. The van der Waals surface area contributed by atoms with Crippen molar-refractivity contribution in [3.05, 3.63) is 36.2 Å². The fraction of sp³-hybridized carbons (Fsp3) is 0.364. The van der Waals surface area contributed by atoms with E-state index in [2.05, 4.69) is 35.9 Å². The maximum atomic E-state index is 12.4. The van der Waals surface area contributed by atoms with Gasteiger partial charge in [0.2, 0.25) is 5.91 Å². The molecular weight excluding hydrogens is 408 g/mol. The van der Waals surface area contributed by atoms with Crippen LogP contribution in [-0.4, -0.2) is 47.8 Å². The van der Waals surface area contributed by atoms with E-state index in [9.17, 15) is 9.90 Å². The Kier molecular flexibility index (Phi) is 3.81. The van der Waals surface area contributed by atoms with Gasteiger partial charge in [-0.05, 0) is 38.3 Å². The number of aliphatic hydroxyl groups is 1. The number of nitrogens with one attached hydrogen (secondary N) is 2. The summed E-state index contributed by atoms with van der Waals surface area (Å²) in [5.74, 6) is 0.723. The Labute approximate surface area is 188 Å². The summed E-state index contributed by atoms with van der Waals surface area (Å²) >= 11 is 0. The molecule has 1 aliphatic carbocycles. The number of anilines is 2. The third-order valence-corrected chi connectivity index (χ3v) is 5.73. The summed E-state index contributed by atoms with van der Waals surface area (Å²) in [6.45, 7) is 2.87. The lowest BCUT2D eigenvalue weighted by Gasteiger charge is -2.16. The summed E-state index contributed by atoms with van der Waals surface area (Å²) < 4.78 is 24.2. The summed E-state index contributed by atoms with van der Waals surface area (Å²) in [7, 11) is 0. The van der Waals surface area contributed by atoms with Gasteiger partial charge >= 0.3 is 0 Å². The van der Waals surface area contributed by atoms with Crippen LogP contribution in [0, 0.1) is 11.8 Å². The molecule has 0 radical (unpaired) electrons. The van der Waals surface area contributed by atoms with Gasteiger partial charge in [-0.3, -0.25) is 4.79 Å². The lowest BCUT2D eigenvalue weighted by atomic mass is 10.0. The van der Waals surface area contributed by atoms with Gasteiger partial charge in [0.1, 0.15) is 5.52 Å². The number of nitrogens with zero attached hydrogens (tertiary/aromatic N) is 6. The summed E-state index contributed by atoms with van der Waals surface area (Å²) in [5.41, 5.74) is 0.831. The Morgan fingerprint density at radius 1 is 1.34 bits per heavy atom. The van der Waals surface area contributed by atoms with Crippen LogP contribution in [-0.2, 0) is 10.4 Å². The Balaban J connectivity index is 1.62. The van der Waals surface area contributed by atoms with Crippen molar-refractivity contribution in [2.24, 2.45) is 11.8 Å². The van der Waals surface area contributed by atoms with Crippen molar-refractivity contribution in [3.8, 4) is 11.4 Å². The van der Waals surface area contributed by atoms with Gasteiger partial charge in [0.25, 0.3) is 0 Å². The number of carbonyl (C=O) groups is 1. The molecule has 0 spiro atoms. The SMILES string of the molecule is [2H]C([2H])([2H])Nc1ncc(-c2nc3ccc(C(C)(C)O)cn3n2)c2cc(NC(=O)[C@H]3C[C@H]3C)nnc12. The zero-order valence-electron chi connectivity index (χ0n) is 20.8. The van der Waals surface area contributed by atoms with Crippen molar-refractivity contribution < 1.29 is 14.0 Å². The molecular formula is C22H24N8O2. The quantitative estimate of drug-likeness (QED) is 0.436. The van der Waals surface area contributed by atoms with Crippen LogP contribution in [0.25, 0.3) is 27.9 Å². The maximum Gasteiger partial charge on any atom is 0.228 e. The first kappa shape index (κ1) is 17.0. The van der Waals surface area contributed by atoms with Crippen LogP contribution in [0.2, 0.25) is 0 Å². The van der Waals surface area contributed by atoms with Crippen molar-refractivity contribution in [3.63, 3.8) is 0 Å². The van der Waals surface area contributed by atoms with Crippen molar-refractivity contribution in [1.82, 2.24) is 29.8 Å². The molecule has 4 aromatic rings. The number of hydrogen-bond donors (Lipinski definition) is 3. The smallest absolute Gasteiger partial charge is 0.228 e. The number of rotatable bonds is 5. The summed E-state index contributed by atoms with van der Waals surface area (Å²) in [6, 6.07) is 5.13. The van der Waals surface area contributed by atoms with Gasteiger partial charge in [-0.15, -0.1) is 15.3 Å². The van der Waals surface area contributed by atoms with Crippen LogP contribution in [0.5, 0.6) is 0 Å². The summed E-state index contributed by atoms with van der Waals surface area (Å²) in [5, 5.41) is 28.7. The summed E-state index contributed by atoms with van der Waals surface area (Å²) in [4.78, 5) is 21.2. The van der Waals surface area contributed by atoms with Crippen molar-refractivity contribution >= 4 is 34.1 Å². The van der Waals surface area contributed by atoms with E-state index in [0.717, 1.165) is 6.42 Å². The van der Waals surface area contributed by atoms with E-state index < -0.39 is 12.6 Å². The van der Waals surface area contributed by atoms with E-state index in [1.54, 1.807) is 42.8 Å². The van der Waals surface area contributed by atoms with E-state index in [1.165, 1.54) is 6.20 Å². The molecule has 0 aromatic carbocycles. The molecule has 3 N–H and O–H groups in total. The van der Waals surface area contributed by atoms with Crippen molar-refractivity contribution in [2.75, 3.05) is 17.6 Å². The topological polar surface area (TPSA) is 130 Å². The van der Waals surface area contributed by atoms with Crippen LogP contribution in [0.4, 0.5) is 11.6 Å². The molecule has 1 saturated carbocycles. The highest BCUT2D eigenvalue weighted by atomic mass is 16.3. The number of carbonyl (C=O) groups excluding carboxylic acids is 1. The molecule has 1 aliphatic rings. The molecule has 0 bridgehead atoms. The average molecular weight is 436 g/mol. The molecule has 1 amide bonds. The molecule has 32 heavy (non-hydrogen) atoms. The van der Waals surface area contributed by atoms with Gasteiger partial charge in [0.15, 0.2) is 23.1 Å². The number of amides is 1. The van der Waals surface area contributed by atoms with Crippen LogP contribution in [0.3, 0.4) is 0 Å². The molecule has 4 aromatic heterocycles. The molecule has 10 heteroatoms. The molecule has 0 aliphatic heterocycles. The standard InChI is InChI=1S/C22H24N8O2/c1-11-7-13(11)21(31)25-16-8-14-15(9-24-20(23-4)18(14)28-27-16)19-26-17-6-5-12(22(2,3)32)10-30(17)29-19/h5-6,8-11,13,32H,7H2,1-4H3,(H,23,24)(H,25,27,31)/t11-,13+/m1/s1/i4D3. The van der Waals surface area contributed by atoms with Crippen molar-refractivity contribution in [1.29, 1.82) is 0 Å². The lowest BCUT2D eigenvalue weighted by molar-refractivity contribution is -0.117. The first-order valence-corrected chi connectivity index (χ1v) is 10.2. The predicted octanol–water partition coefficient (Wildman–Crippen LogP) is 2.60. The molecule has 0 saturated heterocycles. The minimum atomic E-state index is -2.49. The van der Waals surface area contributed by atoms with E-state index in [-0.39, 0.29) is 29.0 Å². The largest absolute Gasteiger partial charge is 0.386 e. The third-order valence-electron chi connectivity index (χ3n) is 5.73. The predicted molar refractivity (Wildman–Crippen MR) is 120 cm³/mol. The number of aromatic nitrogens is 6. The molecule has 5 rings (SSSR count). The van der Waals surface area contributed by atoms with Gasteiger partial charge < -0.3 is 15.7 Å². The van der Waals surface area contributed by atoms with Gasteiger partial charge in [-0.1, -0.05) is 13.0 Å². The third kappa shape index (κ3) is 3.52. The normalized spacial score (nSPS) is 19.9. The monoisotopic (exact) mass is 435 g/mol. The van der Waals surface area contributed by atoms with Gasteiger partial charge in [0.05, 0.1) is 5.60 Å². The average Bonchev–Trinajstić information content (AvgIpc) is 3.34. The first-order valence-electron chi connectivity index (χ1n) is 11.7. The Hall–Kier alpha value is -3.66. The lowest BCUT2D eigenvalue weighted by Crippen LogP contribution is -2.16. The zero-order chi connectivity index (χ0) is 25.1. The Morgan fingerprint density at radius 3 is 2.88 bits per heavy atom. The zero-order valence-corrected chi connectivity index (χ0v) is 17.8. The highest BCUT2D eigenvalue weighted by Gasteiger charge is 2.39. The van der Waals surface area contributed by atoms with Crippen LogP contribution in [0.1, 0.15) is 36.9 Å². The molecule has 10 nitrogen and oxygen atoms in total. The van der Waals surface area contributed by atoms with Crippen LogP contribution >= 0.6 is 0 Å². The Bertz CT molecular complexity index is 1460. The molecule has 1 fully saturated rings. The summed E-state index contributed by atoms with van der Waals surface area (Å²) in [6.07, 6.45) is 3.97. The molecule has 0 unspecified atom stereocenters. The van der Waals surface area contributed by atoms with E-state index in [4.69, 9.17) is 4.11 Å². The second kappa shape index (κ2) is 7.20. The van der Waals surface area contributed by atoms with E-state index in [0.29, 0.717) is 33.9 Å². The first-order chi connectivity index (χ1) is 16.4. The second-order valence-electron chi connectivity index (χ2n) is 8.66. The van der Waals surface area contributed by atoms with E-state index in [1.807, 2.05) is 6.92 Å². The number of hydrogen-bond acceptors (Lipinski definition) is 8. The minimum absolute atomic E-state index is 0.0259. The highest BCUT2D eigenvalue weighted by molar-refractivity contribution is 6.01. The minimum Gasteiger partial charge on any atom is -0.386 e.